The maximum absolute atomic E-state index is 13.5. The first kappa shape index (κ1) is 48.1. The fraction of sp³-hybridized carbons (Fsp3) is 0.800. The summed E-state index contributed by atoms with van der Waals surface area (Å²) in [6.45, 7) is 19.1. The molecule has 2 saturated heterocycles. The van der Waals surface area contributed by atoms with E-state index in [1.54, 1.807) is 20.8 Å². The molecule has 2 fully saturated rings. The van der Waals surface area contributed by atoms with Crippen LogP contribution in [-0.4, -0.2) is 97.2 Å². The van der Waals surface area contributed by atoms with Gasteiger partial charge in [0.1, 0.15) is 17.5 Å². The molecule has 3 aliphatic rings. The largest absolute Gasteiger partial charge is 0.458 e. The minimum atomic E-state index is -2.18. The lowest BCUT2D eigenvalue weighted by atomic mass is 9.74. The second-order valence-corrected chi connectivity index (χ2v) is 18.0. The predicted molar refractivity (Wildman–Crippen MR) is 215 cm³/mol. The molecule has 320 valence electrons. The summed E-state index contributed by atoms with van der Waals surface area (Å²) in [5.74, 6) is -7.28. The van der Waals surface area contributed by atoms with Gasteiger partial charge in [-0.2, -0.15) is 0 Å². The lowest BCUT2D eigenvalue weighted by Crippen LogP contribution is -2.62. The lowest BCUT2D eigenvalue weighted by molar-refractivity contribution is -0.371. The maximum atomic E-state index is 13.5. The first-order valence-electron chi connectivity index (χ1n) is 21.2. The number of rotatable bonds is 3. The van der Waals surface area contributed by atoms with Crippen molar-refractivity contribution in [2.45, 2.75) is 175 Å². The summed E-state index contributed by atoms with van der Waals surface area (Å²) in [5, 5.41) is 55.0. The molecule has 1 spiro atoms. The van der Waals surface area contributed by atoms with Crippen LogP contribution in [0.15, 0.2) is 36.5 Å². The Hall–Kier alpha value is -2.25. The van der Waals surface area contributed by atoms with Crippen LogP contribution in [0.2, 0.25) is 0 Å². The number of Topliss-reactive ketones (excluding diaryl/α,β-unsaturated/α-hetero) is 2. The Morgan fingerprint density at radius 3 is 2.11 bits per heavy atom. The molecule has 0 aromatic heterocycles. The van der Waals surface area contributed by atoms with Gasteiger partial charge in [-0.3, -0.25) is 9.59 Å². The van der Waals surface area contributed by atoms with Crippen molar-refractivity contribution in [1.29, 1.82) is 0 Å². The van der Waals surface area contributed by atoms with Gasteiger partial charge in [0, 0.05) is 48.0 Å². The van der Waals surface area contributed by atoms with Crippen LogP contribution in [0.3, 0.4) is 0 Å². The Kier molecular flexibility index (Phi) is 17.7. The van der Waals surface area contributed by atoms with Crippen molar-refractivity contribution in [2.24, 2.45) is 53.3 Å². The highest BCUT2D eigenvalue weighted by Crippen LogP contribution is 2.49. The molecule has 0 saturated carbocycles. The number of ether oxygens (including phenoxy) is 3. The van der Waals surface area contributed by atoms with E-state index in [0.717, 1.165) is 19.3 Å². The van der Waals surface area contributed by atoms with E-state index in [1.165, 1.54) is 39.8 Å². The Labute approximate surface area is 336 Å². The van der Waals surface area contributed by atoms with E-state index in [0.29, 0.717) is 25.7 Å². The minimum absolute atomic E-state index is 0.168. The number of ketones is 2. The van der Waals surface area contributed by atoms with Gasteiger partial charge in [-0.05, 0) is 70.1 Å². The van der Waals surface area contributed by atoms with Gasteiger partial charge in [0.15, 0.2) is 11.6 Å². The predicted octanol–water partition coefficient (Wildman–Crippen LogP) is 5.88. The SMILES string of the molecule is CC[C@H]1/C=C\C=C/C[C@@H](C)[C@H](O)[C@@](C)(O)C(=O)[C@@H](C)[C@H](O)[C@@H](C)C(=O)[C@@H](C)[C@H](O)[C@@H](C)/C=C\C(=O)O[C@@H]2[C@@H](C)[C@H](CC1)O[C@]1(CC[C@H](C)[C@H](C[C@@H](C)O)O1)[C@H]2C. The van der Waals surface area contributed by atoms with Crippen molar-refractivity contribution in [3.8, 4) is 0 Å². The summed E-state index contributed by atoms with van der Waals surface area (Å²) in [4.78, 5) is 40.5. The summed E-state index contributed by atoms with van der Waals surface area (Å²) in [5.41, 5.74) is -2.18. The molecule has 0 radical (unpaired) electrons. The van der Waals surface area contributed by atoms with E-state index in [2.05, 4.69) is 19.9 Å². The van der Waals surface area contributed by atoms with Gasteiger partial charge in [0.05, 0.1) is 36.6 Å². The molecule has 0 amide bonds. The fourth-order valence-electron chi connectivity index (χ4n) is 9.01. The highest BCUT2D eigenvalue weighted by molar-refractivity contribution is 5.91. The van der Waals surface area contributed by atoms with Crippen LogP contribution in [0.4, 0.5) is 0 Å². The number of hydrogen-bond acceptors (Lipinski definition) is 11. The monoisotopic (exact) mass is 791 g/mol. The van der Waals surface area contributed by atoms with Crippen molar-refractivity contribution < 1.29 is 54.1 Å². The van der Waals surface area contributed by atoms with Crippen molar-refractivity contribution in [3.05, 3.63) is 36.5 Å². The molecule has 11 heteroatoms. The van der Waals surface area contributed by atoms with Crippen molar-refractivity contribution in [2.75, 3.05) is 0 Å². The molecule has 3 aliphatic heterocycles. The van der Waals surface area contributed by atoms with Crippen molar-refractivity contribution in [3.63, 3.8) is 0 Å². The van der Waals surface area contributed by atoms with Gasteiger partial charge < -0.3 is 39.7 Å². The molecule has 3 heterocycles. The molecular formula is C45H74O11. The molecule has 0 aromatic rings. The van der Waals surface area contributed by atoms with E-state index >= 15 is 0 Å². The summed E-state index contributed by atoms with van der Waals surface area (Å²) in [7, 11) is 0. The van der Waals surface area contributed by atoms with Crippen LogP contribution < -0.4 is 0 Å². The number of fused-ring (bicyclic) bond motifs is 2. The summed E-state index contributed by atoms with van der Waals surface area (Å²) < 4.78 is 20.0. The van der Waals surface area contributed by atoms with Crippen LogP contribution in [0.25, 0.3) is 0 Å². The summed E-state index contributed by atoms with van der Waals surface area (Å²) >= 11 is 0. The third-order valence-corrected chi connectivity index (χ3v) is 13.4. The number of carbonyl (C=O) groups is 3. The van der Waals surface area contributed by atoms with Gasteiger partial charge in [-0.25, -0.2) is 4.79 Å². The Balaban J connectivity index is 1.99. The smallest absolute Gasteiger partial charge is 0.330 e. The molecule has 0 unspecified atom stereocenters. The topological polar surface area (TPSA) is 180 Å². The second kappa shape index (κ2) is 20.6. The number of hydrogen-bond donors (Lipinski definition) is 5. The average Bonchev–Trinajstić information content (AvgIpc) is 3.16. The number of aliphatic hydroxyl groups excluding tert-OH is 4. The molecule has 18 atom stereocenters. The zero-order valence-corrected chi connectivity index (χ0v) is 35.8. The van der Waals surface area contributed by atoms with Gasteiger partial charge in [0.25, 0.3) is 0 Å². The zero-order valence-electron chi connectivity index (χ0n) is 35.8. The Morgan fingerprint density at radius 1 is 0.839 bits per heavy atom. The van der Waals surface area contributed by atoms with Gasteiger partial charge in [-0.1, -0.05) is 92.7 Å². The third-order valence-electron chi connectivity index (χ3n) is 13.4. The van der Waals surface area contributed by atoms with E-state index in [-0.39, 0.29) is 35.9 Å². The standard InChI is InChI=1S/C45H74O11/c1-12-34-17-15-13-14-16-27(4)42(51)44(11,53)43(52)32(9)40(50)31(8)39(49)30(7)38(48)26(3)18-21-37(47)54-41-29(6)35(20-19-34)55-45(33(41)10)23-22-25(2)36(56-45)24-28(5)46/h13-15,17-18,21,25-36,38,40-42,46,48,50-51,53H,12,16,19-20,22-24H2,1-11H3/b14-13-,17-15-,21-18-/t25-,26-,27+,28+,29-,30-,31-,32-,33-,34-,35-,36-,38+,40+,41+,42-,44+,45-/m0/s1. The lowest BCUT2D eigenvalue weighted by Gasteiger charge is -2.55. The molecule has 0 aromatic carbocycles. The molecule has 11 nitrogen and oxygen atoms in total. The van der Waals surface area contributed by atoms with E-state index in [4.69, 9.17) is 14.2 Å². The second-order valence-electron chi connectivity index (χ2n) is 18.0. The normalized spacial score (nSPS) is 46.8. The highest BCUT2D eigenvalue weighted by atomic mass is 16.7. The molecular weight excluding hydrogens is 716 g/mol. The average molecular weight is 791 g/mol. The first-order chi connectivity index (χ1) is 26.1. The number of esters is 1. The highest BCUT2D eigenvalue weighted by Gasteiger charge is 2.56. The van der Waals surface area contributed by atoms with Crippen LogP contribution in [-0.2, 0) is 28.6 Å². The fourth-order valence-corrected chi connectivity index (χ4v) is 9.01. The summed E-state index contributed by atoms with van der Waals surface area (Å²) in [6.07, 6.45) is 9.62. The number of allylic oxidation sites excluding steroid dienone is 4. The van der Waals surface area contributed by atoms with Crippen LogP contribution >= 0.6 is 0 Å². The van der Waals surface area contributed by atoms with E-state index < -0.39 is 89.0 Å². The maximum Gasteiger partial charge on any atom is 0.330 e. The third kappa shape index (κ3) is 11.5. The Bertz CT molecular complexity index is 1390. The van der Waals surface area contributed by atoms with Gasteiger partial charge in [0.2, 0.25) is 0 Å². The molecule has 3 rings (SSSR count). The molecule has 5 N–H and O–H groups in total. The van der Waals surface area contributed by atoms with Crippen molar-refractivity contribution in [1.82, 2.24) is 0 Å². The van der Waals surface area contributed by atoms with E-state index in [1.807, 2.05) is 32.1 Å². The molecule has 2 bridgehead atoms. The Morgan fingerprint density at radius 2 is 1.48 bits per heavy atom. The van der Waals surface area contributed by atoms with Crippen LogP contribution in [0.1, 0.15) is 121 Å². The zero-order chi connectivity index (χ0) is 42.3. The minimum Gasteiger partial charge on any atom is -0.458 e. The molecule has 0 aliphatic carbocycles. The van der Waals surface area contributed by atoms with Gasteiger partial charge in [-0.15, -0.1) is 0 Å². The van der Waals surface area contributed by atoms with E-state index in [9.17, 15) is 39.9 Å². The van der Waals surface area contributed by atoms with Gasteiger partial charge >= 0.3 is 5.97 Å². The summed E-state index contributed by atoms with van der Waals surface area (Å²) in [6, 6.07) is 0. The quantitative estimate of drug-likeness (QED) is 0.216. The van der Waals surface area contributed by atoms with Crippen LogP contribution in [0, 0.1) is 53.3 Å². The number of carbonyl (C=O) groups excluding carboxylic acids is 3. The molecule has 56 heavy (non-hydrogen) atoms. The van der Waals surface area contributed by atoms with Crippen molar-refractivity contribution >= 4 is 17.5 Å². The number of aliphatic hydroxyl groups is 5. The van der Waals surface area contributed by atoms with Crippen LogP contribution in [0.5, 0.6) is 0 Å². The first-order valence-corrected chi connectivity index (χ1v) is 21.2.